The summed E-state index contributed by atoms with van der Waals surface area (Å²) in [5, 5.41) is 0. The minimum atomic E-state index is 0.492. The Morgan fingerprint density at radius 1 is 1.62 bits per heavy atom. The first-order chi connectivity index (χ1) is 3.86. The highest BCUT2D eigenvalue weighted by Gasteiger charge is 2.24. The van der Waals surface area contributed by atoms with Crippen molar-refractivity contribution in [2.45, 2.75) is 13.0 Å². The van der Waals surface area contributed by atoms with Crippen LogP contribution in [0.25, 0.3) is 0 Å². The van der Waals surface area contributed by atoms with E-state index in [1.54, 1.807) is 7.11 Å². The molecule has 0 aliphatic carbocycles. The van der Waals surface area contributed by atoms with E-state index in [1.165, 1.54) is 0 Å². The summed E-state index contributed by atoms with van der Waals surface area (Å²) in [5.74, 6) is 0. The highest BCUT2D eigenvalue weighted by atomic mass is 16.5. The van der Waals surface area contributed by atoms with E-state index in [0.29, 0.717) is 6.10 Å². The second kappa shape index (κ2) is 2.46. The summed E-state index contributed by atoms with van der Waals surface area (Å²) in [6.07, 6.45) is 0.492. The van der Waals surface area contributed by atoms with Crippen LogP contribution < -0.4 is 0 Å². The van der Waals surface area contributed by atoms with Gasteiger partial charge in [-0.25, -0.2) is 0 Å². The molecular formula is C6H12NO. The Kier molecular flexibility index (Phi) is 1.86. The SMILES string of the molecule is C[CH]N1CC(OC)C1. The van der Waals surface area contributed by atoms with Gasteiger partial charge < -0.3 is 4.74 Å². The highest BCUT2D eigenvalue weighted by Crippen LogP contribution is 2.10. The molecule has 1 aliphatic heterocycles. The Balaban J connectivity index is 2.03. The third kappa shape index (κ3) is 1.01. The Morgan fingerprint density at radius 3 is 2.62 bits per heavy atom. The first-order valence-electron chi connectivity index (χ1n) is 2.93. The number of hydrogen-bond donors (Lipinski definition) is 0. The van der Waals surface area contributed by atoms with Gasteiger partial charge in [0.1, 0.15) is 0 Å². The van der Waals surface area contributed by atoms with Crippen LogP contribution in [0.15, 0.2) is 0 Å². The van der Waals surface area contributed by atoms with E-state index in [9.17, 15) is 0 Å². The molecule has 0 bridgehead atoms. The van der Waals surface area contributed by atoms with Crippen molar-refractivity contribution < 1.29 is 4.74 Å². The number of hydrogen-bond acceptors (Lipinski definition) is 2. The molecule has 47 valence electrons. The van der Waals surface area contributed by atoms with Gasteiger partial charge in [0, 0.05) is 26.7 Å². The summed E-state index contributed by atoms with van der Waals surface area (Å²) >= 11 is 0. The summed E-state index contributed by atoms with van der Waals surface area (Å²) in [5.41, 5.74) is 0. The smallest absolute Gasteiger partial charge is 0.0825 e. The molecule has 0 aromatic heterocycles. The number of methoxy groups -OCH3 is 1. The average molecular weight is 114 g/mol. The Hall–Kier alpha value is -0.0800. The summed E-state index contributed by atoms with van der Waals surface area (Å²) in [6.45, 7) is 6.29. The second-order valence-corrected chi connectivity index (χ2v) is 2.07. The monoisotopic (exact) mass is 114 g/mol. The largest absolute Gasteiger partial charge is 0.379 e. The van der Waals surface area contributed by atoms with Gasteiger partial charge in [-0.1, -0.05) is 0 Å². The summed E-state index contributed by atoms with van der Waals surface area (Å²) in [4.78, 5) is 2.23. The molecule has 1 fully saturated rings. The van der Waals surface area contributed by atoms with Crippen LogP contribution in [0.1, 0.15) is 6.92 Å². The van der Waals surface area contributed by atoms with Crippen molar-refractivity contribution >= 4 is 0 Å². The molecule has 1 heterocycles. The fourth-order valence-corrected chi connectivity index (χ4v) is 0.830. The number of rotatable bonds is 2. The molecule has 0 unspecified atom stereocenters. The molecule has 0 saturated carbocycles. The highest BCUT2D eigenvalue weighted by molar-refractivity contribution is 4.83. The van der Waals surface area contributed by atoms with Crippen LogP contribution in [0, 0.1) is 6.54 Å². The Morgan fingerprint density at radius 2 is 2.25 bits per heavy atom. The van der Waals surface area contributed by atoms with Crippen LogP contribution in [-0.2, 0) is 4.74 Å². The van der Waals surface area contributed by atoms with E-state index in [0.717, 1.165) is 13.1 Å². The molecular weight excluding hydrogens is 102 g/mol. The van der Waals surface area contributed by atoms with E-state index in [4.69, 9.17) is 4.74 Å². The molecule has 0 amide bonds. The topological polar surface area (TPSA) is 12.5 Å². The first-order valence-corrected chi connectivity index (χ1v) is 2.93. The maximum Gasteiger partial charge on any atom is 0.0825 e. The van der Waals surface area contributed by atoms with E-state index in [-0.39, 0.29) is 0 Å². The molecule has 8 heavy (non-hydrogen) atoms. The third-order valence-corrected chi connectivity index (χ3v) is 1.57. The number of likely N-dealkylation sites (tertiary alicyclic amines) is 1. The van der Waals surface area contributed by atoms with Gasteiger partial charge in [0.05, 0.1) is 6.10 Å². The maximum atomic E-state index is 5.06. The van der Waals surface area contributed by atoms with Crippen LogP contribution in [0.4, 0.5) is 0 Å². The normalized spacial score (nSPS) is 23.2. The molecule has 1 saturated heterocycles. The van der Waals surface area contributed by atoms with E-state index in [1.807, 2.05) is 6.92 Å². The van der Waals surface area contributed by atoms with Crippen molar-refractivity contribution in [3.05, 3.63) is 6.54 Å². The fourth-order valence-electron chi connectivity index (χ4n) is 0.830. The van der Waals surface area contributed by atoms with Gasteiger partial charge in [0.25, 0.3) is 0 Å². The lowest BCUT2D eigenvalue weighted by Gasteiger charge is -2.36. The van der Waals surface area contributed by atoms with Gasteiger partial charge in [-0.05, 0) is 6.92 Å². The first kappa shape index (κ1) is 6.05. The molecule has 2 heteroatoms. The van der Waals surface area contributed by atoms with Crippen LogP contribution in [-0.4, -0.2) is 31.2 Å². The van der Waals surface area contributed by atoms with Gasteiger partial charge in [-0.3, -0.25) is 4.90 Å². The molecule has 2 nitrogen and oxygen atoms in total. The van der Waals surface area contributed by atoms with Gasteiger partial charge in [0.2, 0.25) is 0 Å². The molecule has 0 N–H and O–H groups in total. The van der Waals surface area contributed by atoms with Crippen LogP contribution in [0.2, 0.25) is 0 Å². The van der Waals surface area contributed by atoms with Gasteiger partial charge >= 0.3 is 0 Å². The zero-order valence-electron chi connectivity index (χ0n) is 5.42. The zero-order valence-corrected chi connectivity index (χ0v) is 5.42. The molecule has 0 spiro atoms. The second-order valence-electron chi connectivity index (χ2n) is 2.07. The standard InChI is InChI=1S/C6H12NO/c1-3-7-4-6(5-7)8-2/h3,6H,4-5H2,1-2H3. The third-order valence-electron chi connectivity index (χ3n) is 1.57. The van der Waals surface area contributed by atoms with Gasteiger partial charge in [-0.2, -0.15) is 0 Å². The average Bonchev–Trinajstić information content (AvgIpc) is 1.65. The zero-order chi connectivity index (χ0) is 5.98. The van der Waals surface area contributed by atoms with Gasteiger partial charge in [-0.15, -0.1) is 0 Å². The maximum absolute atomic E-state index is 5.06. The molecule has 0 aromatic rings. The van der Waals surface area contributed by atoms with Crippen molar-refractivity contribution in [2.24, 2.45) is 0 Å². The van der Waals surface area contributed by atoms with Gasteiger partial charge in [0.15, 0.2) is 0 Å². The van der Waals surface area contributed by atoms with Crippen molar-refractivity contribution in [3.63, 3.8) is 0 Å². The Bertz CT molecular complexity index is 60.9. The van der Waals surface area contributed by atoms with Crippen molar-refractivity contribution in [1.82, 2.24) is 4.90 Å². The van der Waals surface area contributed by atoms with E-state index in [2.05, 4.69) is 11.4 Å². The van der Waals surface area contributed by atoms with Crippen LogP contribution >= 0.6 is 0 Å². The summed E-state index contributed by atoms with van der Waals surface area (Å²) in [7, 11) is 1.76. The molecule has 1 aliphatic rings. The molecule has 0 aromatic carbocycles. The van der Waals surface area contributed by atoms with E-state index < -0.39 is 0 Å². The Labute approximate surface area is 50.4 Å². The minimum Gasteiger partial charge on any atom is -0.379 e. The van der Waals surface area contributed by atoms with Crippen molar-refractivity contribution in [1.29, 1.82) is 0 Å². The lowest BCUT2D eigenvalue weighted by Crippen LogP contribution is -2.49. The number of nitrogens with zero attached hydrogens (tertiary/aromatic N) is 1. The predicted molar refractivity (Wildman–Crippen MR) is 32.3 cm³/mol. The lowest BCUT2D eigenvalue weighted by atomic mass is 10.2. The predicted octanol–water partition coefficient (Wildman–Crippen LogP) is 0.499. The molecule has 0 atom stereocenters. The number of ether oxygens (including phenoxy) is 1. The van der Waals surface area contributed by atoms with Crippen LogP contribution in [0.3, 0.4) is 0 Å². The summed E-state index contributed by atoms with van der Waals surface area (Å²) < 4.78 is 5.06. The summed E-state index contributed by atoms with van der Waals surface area (Å²) in [6, 6.07) is 0. The van der Waals surface area contributed by atoms with Crippen molar-refractivity contribution in [3.8, 4) is 0 Å². The van der Waals surface area contributed by atoms with Crippen LogP contribution in [0.5, 0.6) is 0 Å². The minimum absolute atomic E-state index is 0.492. The molecule has 1 radical (unpaired) electrons. The van der Waals surface area contributed by atoms with Crippen molar-refractivity contribution in [2.75, 3.05) is 20.2 Å². The van der Waals surface area contributed by atoms with E-state index >= 15 is 0 Å². The lowest BCUT2D eigenvalue weighted by molar-refractivity contribution is -0.0135. The fraction of sp³-hybridized carbons (Fsp3) is 0.833. The molecule has 1 rings (SSSR count). The quantitative estimate of drug-likeness (QED) is 0.518.